The van der Waals surface area contributed by atoms with Crippen molar-refractivity contribution in [3.8, 4) is 34.0 Å². The Morgan fingerprint density at radius 2 is 1.06 bits per heavy atom. The van der Waals surface area contributed by atoms with E-state index in [9.17, 15) is 0 Å². The van der Waals surface area contributed by atoms with Gasteiger partial charge in [-0.15, -0.1) is 0 Å². The fourth-order valence-corrected chi connectivity index (χ4v) is 8.71. The second-order valence-electron chi connectivity index (χ2n) is 14.2. The predicted molar refractivity (Wildman–Crippen MR) is 211 cm³/mol. The van der Waals surface area contributed by atoms with Gasteiger partial charge in [-0.1, -0.05) is 123 Å². The van der Waals surface area contributed by atoms with Gasteiger partial charge in [-0.25, -0.2) is 9.97 Å². The van der Waals surface area contributed by atoms with Crippen LogP contribution in [0.25, 0.3) is 88.5 Å². The van der Waals surface area contributed by atoms with Crippen LogP contribution in [0.4, 0.5) is 0 Å². The Kier molecular flexibility index (Phi) is 5.70. The molecule has 0 N–H and O–H groups in total. The summed E-state index contributed by atoms with van der Waals surface area (Å²) in [5.41, 5.74) is 12.9. The lowest BCUT2D eigenvalue weighted by Gasteiger charge is -2.21. The third kappa shape index (κ3) is 3.90. The van der Waals surface area contributed by atoms with Gasteiger partial charge in [0, 0.05) is 43.6 Å². The predicted octanol–water partition coefficient (Wildman–Crippen LogP) is 11.8. The van der Waals surface area contributed by atoms with Crippen molar-refractivity contribution in [1.82, 2.24) is 19.1 Å². The van der Waals surface area contributed by atoms with Gasteiger partial charge in [-0.3, -0.25) is 4.57 Å². The number of hydrogen-bond donors (Lipinski definition) is 0. The summed E-state index contributed by atoms with van der Waals surface area (Å²) in [4.78, 5) is 10.5. The first kappa shape index (κ1) is 28.3. The highest BCUT2D eigenvalue weighted by atomic mass is 15.1. The summed E-state index contributed by atoms with van der Waals surface area (Å²) in [6.45, 7) is 4.70. The lowest BCUT2D eigenvalue weighted by Crippen LogP contribution is -2.15. The van der Waals surface area contributed by atoms with Crippen LogP contribution in [0.15, 0.2) is 158 Å². The van der Waals surface area contributed by atoms with E-state index in [1.54, 1.807) is 0 Å². The average Bonchev–Trinajstić information content (AvgIpc) is 3.76. The molecule has 1 aliphatic carbocycles. The molecule has 4 heteroatoms. The standard InChI is InChI=1S/C47H32N4/c1-47(2)38-20-10-6-16-31(38)36-27-37-34-25-24-30(50-41-22-12-8-17-32(41)33-18-9-13-23-42(33)50)26-43(34)51(44(37)28-39(36)47)46-35-19-7-11-21-40(35)48-45(49-46)29-14-4-3-5-15-29/h3-28H,1-2H3. The van der Waals surface area contributed by atoms with Crippen molar-refractivity contribution in [2.45, 2.75) is 19.3 Å². The Morgan fingerprint density at radius 1 is 0.431 bits per heavy atom. The lowest BCUT2D eigenvalue weighted by molar-refractivity contribution is 0.661. The SMILES string of the molecule is CC1(C)c2ccccc2-c2cc3c4ccc(-n5c6ccccc6c6ccccc65)cc4n(-c4nc(-c5ccccc5)nc5ccccc45)c3cc21. The van der Waals surface area contributed by atoms with Gasteiger partial charge in [0.1, 0.15) is 5.82 Å². The molecule has 0 saturated carbocycles. The van der Waals surface area contributed by atoms with Crippen molar-refractivity contribution in [2.24, 2.45) is 0 Å². The van der Waals surface area contributed by atoms with Crippen molar-refractivity contribution in [1.29, 1.82) is 0 Å². The molecule has 0 spiro atoms. The topological polar surface area (TPSA) is 35.6 Å². The highest BCUT2D eigenvalue weighted by Crippen LogP contribution is 2.51. The molecule has 7 aromatic carbocycles. The van der Waals surface area contributed by atoms with E-state index in [-0.39, 0.29) is 5.41 Å². The van der Waals surface area contributed by atoms with Crippen molar-refractivity contribution < 1.29 is 0 Å². The summed E-state index contributed by atoms with van der Waals surface area (Å²) < 4.78 is 4.80. The maximum atomic E-state index is 5.42. The summed E-state index contributed by atoms with van der Waals surface area (Å²) in [5, 5.41) is 5.93. The maximum Gasteiger partial charge on any atom is 0.162 e. The van der Waals surface area contributed by atoms with Gasteiger partial charge >= 0.3 is 0 Å². The monoisotopic (exact) mass is 652 g/mol. The smallest absolute Gasteiger partial charge is 0.162 e. The maximum absolute atomic E-state index is 5.42. The molecular formula is C47H32N4. The fourth-order valence-electron chi connectivity index (χ4n) is 8.71. The fraction of sp³-hybridized carbons (Fsp3) is 0.0638. The normalized spacial score (nSPS) is 13.5. The number of aromatic nitrogens is 4. The summed E-state index contributed by atoms with van der Waals surface area (Å²) >= 11 is 0. The molecule has 10 aromatic rings. The first-order valence-electron chi connectivity index (χ1n) is 17.6. The van der Waals surface area contributed by atoms with Gasteiger partial charge < -0.3 is 4.57 Å². The van der Waals surface area contributed by atoms with E-state index in [4.69, 9.17) is 9.97 Å². The van der Waals surface area contributed by atoms with Crippen molar-refractivity contribution >= 4 is 54.5 Å². The Labute approximate surface area is 294 Å². The van der Waals surface area contributed by atoms with Crippen LogP contribution < -0.4 is 0 Å². The molecular weight excluding hydrogens is 621 g/mol. The van der Waals surface area contributed by atoms with E-state index in [0.29, 0.717) is 5.82 Å². The van der Waals surface area contributed by atoms with E-state index in [2.05, 4.69) is 175 Å². The summed E-state index contributed by atoms with van der Waals surface area (Å²) in [6, 6.07) is 56.8. The number of para-hydroxylation sites is 3. The van der Waals surface area contributed by atoms with Crippen LogP contribution >= 0.6 is 0 Å². The van der Waals surface area contributed by atoms with Crippen molar-refractivity contribution in [2.75, 3.05) is 0 Å². The Bertz CT molecular complexity index is 3000. The van der Waals surface area contributed by atoms with Crippen LogP contribution in [0, 0.1) is 0 Å². The minimum absolute atomic E-state index is 0.140. The largest absolute Gasteiger partial charge is 0.309 e. The number of nitrogens with zero attached hydrogens (tertiary/aromatic N) is 4. The number of benzene rings is 7. The summed E-state index contributed by atoms with van der Waals surface area (Å²) in [7, 11) is 0. The number of hydrogen-bond acceptors (Lipinski definition) is 2. The van der Waals surface area contributed by atoms with Gasteiger partial charge in [0.2, 0.25) is 0 Å². The molecule has 4 nitrogen and oxygen atoms in total. The van der Waals surface area contributed by atoms with Crippen LogP contribution in [-0.4, -0.2) is 19.1 Å². The van der Waals surface area contributed by atoms with Gasteiger partial charge in [0.25, 0.3) is 0 Å². The highest BCUT2D eigenvalue weighted by molar-refractivity contribution is 6.14. The zero-order valence-corrected chi connectivity index (χ0v) is 28.3. The minimum atomic E-state index is -0.140. The highest BCUT2D eigenvalue weighted by Gasteiger charge is 2.36. The van der Waals surface area contributed by atoms with Crippen LogP contribution in [0.2, 0.25) is 0 Å². The molecule has 0 radical (unpaired) electrons. The summed E-state index contributed by atoms with van der Waals surface area (Å²) in [6.07, 6.45) is 0. The van der Waals surface area contributed by atoms with Crippen molar-refractivity contribution in [3.63, 3.8) is 0 Å². The quantitative estimate of drug-likeness (QED) is 0.190. The first-order chi connectivity index (χ1) is 25.1. The number of rotatable bonds is 3. The molecule has 0 saturated heterocycles. The van der Waals surface area contributed by atoms with E-state index < -0.39 is 0 Å². The van der Waals surface area contributed by atoms with E-state index >= 15 is 0 Å². The molecule has 0 amide bonds. The zero-order chi connectivity index (χ0) is 33.8. The van der Waals surface area contributed by atoms with Gasteiger partial charge in [-0.05, 0) is 70.8 Å². The molecule has 3 aromatic heterocycles. The molecule has 51 heavy (non-hydrogen) atoms. The van der Waals surface area contributed by atoms with Gasteiger partial charge in [0.15, 0.2) is 5.82 Å². The average molecular weight is 653 g/mol. The lowest BCUT2D eigenvalue weighted by atomic mass is 9.82. The molecule has 0 atom stereocenters. The molecule has 0 aliphatic heterocycles. The van der Waals surface area contributed by atoms with Crippen LogP contribution in [-0.2, 0) is 5.41 Å². The molecule has 240 valence electrons. The molecule has 1 aliphatic rings. The van der Waals surface area contributed by atoms with Crippen LogP contribution in [0.5, 0.6) is 0 Å². The Balaban J connectivity index is 1.29. The molecule has 11 rings (SSSR count). The minimum Gasteiger partial charge on any atom is -0.309 e. The van der Waals surface area contributed by atoms with Gasteiger partial charge in [-0.2, -0.15) is 0 Å². The molecule has 3 heterocycles. The van der Waals surface area contributed by atoms with E-state index in [1.807, 2.05) is 6.07 Å². The molecule has 0 fully saturated rings. The van der Waals surface area contributed by atoms with Crippen LogP contribution in [0.3, 0.4) is 0 Å². The Hall–Kier alpha value is -6.52. The molecule has 0 unspecified atom stereocenters. The zero-order valence-electron chi connectivity index (χ0n) is 28.3. The summed E-state index contributed by atoms with van der Waals surface area (Å²) in [5.74, 6) is 1.60. The second-order valence-corrected chi connectivity index (χ2v) is 14.2. The Morgan fingerprint density at radius 3 is 1.84 bits per heavy atom. The second kappa shape index (κ2) is 10.3. The third-order valence-corrected chi connectivity index (χ3v) is 11.1. The first-order valence-corrected chi connectivity index (χ1v) is 17.6. The van der Waals surface area contributed by atoms with E-state index in [1.165, 1.54) is 54.8 Å². The third-order valence-electron chi connectivity index (χ3n) is 11.1. The number of fused-ring (bicyclic) bond motifs is 10. The van der Waals surface area contributed by atoms with E-state index in [0.717, 1.165) is 39.0 Å². The van der Waals surface area contributed by atoms with Crippen LogP contribution in [0.1, 0.15) is 25.0 Å². The van der Waals surface area contributed by atoms with Crippen molar-refractivity contribution in [3.05, 3.63) is 169 Å². The van der Waals surface area contributed by atoms with Gasteiger partial charge in [0.05, 0.1) is 27.6 Å². The molecule has 0 bridgehead atoms.